The van der Waals surface area contributed by atoms with Crippen LogP contribution < -0.4 is 32.7 Å². The molecule has 0 saturated carbocycles. The zero-order valence-corrected chi connectivity index (χ0v) is 19.3. The fourth-order valence-corrected chi connectivity index (χ4v) is 3.56. The largest absolute Gasteiger partial charge is 0.508 e. The standard InChI is InChI=1S/C22H33N7O6/c23-22(24)26-10-2-4-16(28-18(31)12-27-19(32)15-3-1-9-25-15)20(33)29-17(21(34)35)11-13-5-7-14(30)8-6-13/h5-8,15-17,25,30H,1-4,9-12H2,(H,27,32)(H,28,31)(H,29,33)(H,34,35)(H4,23,24,26). The molecule has 10 N–H and O–H groups in total. The number of hydrogen-bond acceptors (Lipinski definition) is 7. The Morgan fingerprint density at radius 1 is 1.11 bits per heavy atom. The molecule has 3 unspecified atom stereocenters. The second-order valence-electron chi connectivity index (χ2n) is 8.21. The lowest BCUT2D eigenvalue weighted by Crippen LogP contribution is -2.54. The number of guanidine groups is 1. The summed E-state index contributed by atoms with van der Waals surface area (Å²) in [4.78, 5) is 53.0. The number of aromatic hydroxyl groups is 1. The average Bonchev–Trinajstić information content (AvgIpc) is 3.35. The van der Waals surface area contributed by atoms with Crippen molar-refractivity contribution in [1.82, 2.24) is 21.3 Å². The fraction of sp³-hybridized carbons (Fsp3) is 0.500. The lowest BCUT2D eigenvalue weighted by Gasteiger charge is -2.22. The number of phenolic OH excluding ortho intramolecular Hbond substituents is 1. The molecule has 1 aliphatic rings. The number of carboxylic acids is 1. The summed E-state index contributed by atoms with van der Waals surface area (Å²) < 4.78 is 0. The smallest absolute Gasteiger partial charge is 0.326 e. The van der Waals surface area contributed by atoms with E-state index >= 15 is 0 Å². The maximum atomic E-state index is 12.9. The average molecular weight is 492 g/mol. The van der Waals surface area contributed by atoms with Crippen LogP contribution in [-0.4, -0.2) is 77.6 Å². The molecular weight excluding hydrogens is 458 g/mol. The van der Waals surface area contributed by atoms with E-state index in [1.165, 1.54) is 12.1 Å². The number of carbonyl (C=O) groups is 4. The highest BCUT2D eigenvalue weighted by molar-refractivity contribution is 5.92. The van der Waals surface area contributed by atoms with Crippen LogP contribution in [0.25, 0.3) is 0 Å². The summed E-state index contributed by atoms with van der Waals surface area (Å²) in [7, 11) is 0. The molecule has 1 saturated heterocycles. The van der Waals surface area contributed by atoms with Gasteiger partial charge in [-0.2, -0.15) is 0 Å². The number of nitrogens with two attached hydrogens (primary N) is 2. The molecule has 13 heteroatoms. The van der Waals surface area contributed by atoms with Crippen molar-refractivity contribution in [2.24, 2.45) is 16.5 Å². The van der Waals surface area contributed by atoms with Crippen LogP contribution in [0.1, 0.15) is 31.2 Å². The van der Waals surface area contributed by atoms with Gasteiger partial charge in [-0.15, -0.1) is 0 Å². The SMILES string of the molecule is NC(N)=NCCCC(NC(=O)CNC(=O)C1CCCN1)C(=O)NC(Cc1ccc(O)cc1)C(=O)O. The van der Waals surface area contributed by atoms with Crippen LogP contribution in [0.5, 0.6) is 5.75 Å². The number of nitrogens with one attached hydrogen (secondary N) is 4. The lowest BCUT2D eigenvalue weighted by molar-refractivity contribution is -0.142. The van der Waals surface area contributed by atoms with Gasteiger partial charge in [0, 0.05) is 13.0 Å². The Hall–Kier alpha value is -3.87. The second kappa shape index (κ2) is 13.7. The summed E-state index contributed by atoms with van der Waals surface area (Å²) >= 11 is 0. The summed E-state index contributed by atoms with van der Waals surface area (Å²) in [5, 5.41) is 29.5. The minimum absolute atomic E-state index is 0.0273. The molecule has 0 bridgehead atoms. The lowest BCUT2D eigenvalue weighted by atomic mass is 10.0. The number of phenols is 1. The molecule has 13 nitrogen and oxygen atoms in total. The first-order valence-electron chi connectivity index (χ1n) is 11.3. The fourth-order valence-electron chi connectivity index (χ4n) is 3.56. The number of carbonyl (C=O) groups excluding carboxylic acids is 3. The second-order valence-corrected chi connectivity index (χ2v) is 8.21. The quantitative estimate of drug-likeness (QED) is 0.0859. The van der Waals surface area contributed by atoms with Gasteiger partial charge < -0.3 is 42.9 Å². The topological polar surface area (TPSA) is 221 Å². The van der Waals surface area contributed by atoms with Gasteiger partial charge in [-0.25, -0.2) is 4.79 Å². The molecule has 35 heavy (non-hydrogen) atoms. The highest BCUT2D eigenvalue weighted by Crippen LogP contribution is 2.12. The molecule has 1 heterocycles. The van der Waals surface area contributed by atoms with Crippen molar-refractivity contribution in [3.63, 3.8) is 0 Å². The van der Waals surface area contributed by atoms with Crippen LogP contribution in [0.3, 0.4) is 0 Å². The van der Waals surface area contributed by atoms with Crippen molar-refractivity contribution in [3.05, 3.63) is 29.8 Å². The third-order valence-corrected chi connectivity index (χ3v) is 5.39. The van der Waals surface area contributed by atoms with Crippen LogP contribution in [0.4, 0.5) is 0 Å². The third-order valence-electron chi connectivity index (χ3n) is 5.39. The molecule has 0 radical (unpaired) electrons. The maximum absolute atomic E-state index is 12.9. The Labute approximate surface area is 202 Å². The van der Waals surface area contributed by atoms with E-state index in [4.69, 9.17) is 11.5 Å². The molecule has 3 atom stereocenters. The van der Waals surface area contributed by atoms with Gasteiger partial charge >= 0.3 is 5.97 Å². The Morgan fingerprint density at radius 3 is 2.43 bits per heavy atom. The molecule has 3 amide bonds. The number of hydrogen-bond donors (Lipinski definition) is 8. The molecule has 192 valence electrons. The highest BCUT2D eigenvalue weighted by Gasteiger charge is 2.27. The molecule has 1 aromatic carbocycles. The summed E-state index contributed by atoms with van der Waals surface area (Å²) in [6.07, 6.45) is 2.00. The summed E-state index contributed by atoms with van der Waals surface area (Å²) in [6, 6.07) is 3.24. The molecule has 2 rings (SSSR count). The zero-order valence-electron chi connectivity index (χ0n) is 19.3. The van der Waals surface area contributed by atoms with Crippen molar-refractivity contribution >= 4 is 29.7 Å². The van der Waals surface area contributed by atoms with Gasteiger partial charge in [0.2, 0.25) is 17.7 Å². The van der Waals surface area contributed by atoms with Gasteiger partial charge in [-0.3, -0.25) is 19.4 Å². The third kappa shape index (κ3) is 9.88. The Balaban J connectivity index is 1.99. The van der Waals surface area contributed by atoms with Gasteiger partial charge in [0.15, 0.2) is 5.96 Å². The van der Waals surface area contributed by atoms with Crippen molar-refractivity contribution in [2.45, 2.75) is 50.2 Å². The van der Waals surface area contributed by atoms with Gasteiger partial charge in [-0.05, 0) is 49.9 Å². The monoisotopic (exact) mass is 491 g/mol. The molecule has 1 fully saturated rings. The van der Waals surface area contributed by atoms with Crippen LogP contribution in [0.15, 0.2) is 29.3 Å². The van der Waals surface area contributed by atoms with Gasteiger partial charge in [0.05, 0.1) is 12.6 Å². The number of aliphatic carboxylic acids is 1. The van der Waals surface area contributed by atoms with E-state index in [0.717, 1.165) is 13.0 Å². The van der Waals surface area contributed by atoms with Gasteiger partial charge in [-0.1, -0.05) is 12.1 Å². The first-order chi connectivity index (χ1) is 16.7. The first kappa shape index (κ1) is 27.4. The summed E-state index contributed by atoms with van der Waals surface area (Å²) in [6.45, 7) is 0.615. The number of benzene rings is 1. The summed E-state index contributed by atoms with van der Waals surface area (Å²) in [5.41, 5.74) is 11.2. The van der Waals surface area contributed by atoms with E-state index in [9.17, 15) is 29.4 Å². The molecule has 1 aliphatic heterocycles. The van der Waals surface area contributed by atoms with Crippen molar-refractivity contribution in [3.8, 4) is 5.75 Å². The number of aliphatic imine (C=N–C) groups is 1. The number of rotatable bonds is 13. The van der Waals surface area contributed by atoms with E-state index in [2.05, 4.69) is 26.3 Å². The molecule has 0 aromatic heterocycles. The van der Waals surface area contributed by atoms with Crippen molar-refractivity contribution < 1.29 is 29.4 Å². The predicted octanol–water partition coefficient (Wildman–Crippen LogP) is -2.09. The van der Waals surface area contributed by atoms with Gasteiger partial charge in [0.1, 0.15) is 17.8 Å². The molecular formula is C22H33N7O6. The van der Waals surface area contributed by atoms with Crippen LogP contribution >= 0.6 is 0 Å². The Kier molecular flexibility index (Phi) is 10.8. The van der Waals surface area contributed by atoms with Crippen molar-refractivity contribution in [1.29, 1.82) is 0 Å². The van der Waals surface area contributed by atoms with Crippen LogP contribution in [0.2, 0.25) is 0 Å². The number of carboxylic acid groups (broad SMARTS) is 1. The number of amides is 3. The molecule has 1 aromatic rings. The van der Waals surface area contributed by atoms with E-state index in [0.29, 0.717) is 18.4 Å². The van der Waals surface area contributed by atoms with E-state index < -0.39 is 29.9 Å². The van der Waals surface area contributed by atoms with E-state index in [1.54, 1.807) is 12.1 Å². The molecule has 0 aliphatic carbocycles. The highest BCUT2D eigenvalue weighted by atomic mass is 16.4. The van der Waals surface area contributed by atoms with E-state index in [-0.39, 0.29) is 49.6 Å². The number of nitrogens with zero attached hydrogens (tertiary/aromatic N) is 1. The van der Waals surface area contributed by atoms with E-state index in [1.807, 2.05) is 0 Å². The normalized spacial score (nSPS) is 16.5. The van der Waals surface area contributed by atoms with Gasteiger partial charge in [0.25, 0.3) is 0 Å². The Morgan fingerprint density at radius 2 is 1.83 bits per heavy atom. The molecule has 0 spiro atoms. The zero-order chi connectivity index (χ0) is 25.8. The maximum Gasteiger partial charge on any atom is 0.326 e. The minimum atomic E-state index is -1.27. The minimum Gasteiger partial charge on any atom is -0.508 e. The first-order valence-corrected chi connectivity index (χ1v) is 11.3. The predicted molar refractivity (Wildman–Crippen MR) is 127 cm³/mol. The van der Waals surface area contributed by atoms with Crippen LogP contribution in [-0.2, 0) is 25.6 Å². The van der Waals surface area contributed by atoms with Crippen LogP contribution in [0, 0.1) is 0 Å². The Bertz CT molecular complexity index is 911. The summed E-state index contributed by atoms with van der Waals surface area (Å²) in [5.74, 6) is -2.93. The van der Waals surface area contributed by atoms with Crippen molar-refractivity contribution in [2.75, 3.05) is 19.6 Å².